The summed E-state index contributed by atoms with van der Waals surface area (Å²) in [5.41, 5.74) is 6.99. The number of ether oxygens (including phenoxy) is 2. The van der Waals surface area contributed by atoms with Crippen LogP contribution in [0.25, 0.3) is 5.69 Å². The van der Waals surface area contributed by atoms with E-state index in [4.69, 9.17) is 15.2 Å². The first-order valence-corrected chi connectivity index (χ1v) is 7.35. The van der Waals surface area contributed by atoms with Crippen LogP contribution < -0.4 is 10.5 Å². The lowest BCUT2D eigenvalue weighted by Crippen LogP contribution is -2.12. The van der Waals surface area contributed by atoms with E-state index in [0.29, 0.717) is 18.0 Å². The van der Waals surface area contributed by atoms with E-state index in [-0.39, 0.29) is 16.9 Å². The van der Waals surface area contributed by atoms with E-state index in [2.05, 4.69) is 6.92 Å². The molecule has 0 atom stereocenters. The van der Waals surface area contributed by atoms with E-state index >= 15 is 0 Å². The third-order valence-electron chi connectivity index (χ3n) is 3.42. The van der Waals surface area contributed by atoms with Gasteiger partial charge in [0.1, 0.15) is 11.8 Å². The molecule has 0 radical (unpaired) electrons. The maximum atomic E-state index is 12.1. The Hall–Kier alpha value is -2.94. The van der Waals surface area contributed by atoms with Gasteiger partial charge in [0.2, 0.25) is 0 Å². The van der Waals surface area contributed by atoms with Crippen molar-refractivity contribution >= 4 is 11.7 Å². The summed E-state index contributed by atoms with van der Waals surface area (Å²) < 4.78 is 12.1. The topological polar surface area (TPSA) is 90.3 Å². The van der Waals surface area contributed by atoms with Crippen LogP contribution in [0.15, 0.2) is 30.5 Å². The Morgan fingerprint density at radius 3 is 2.78 bits per heavy atom. The number of rotatable bonds is 6. The van der Waals surface area contributed by atoms with Gasteiger partial charge in [0, 0.05) is 6.20 Å². The first kappa shape index (κ1) is 16.4. The van der Waals surface area contributed by atoms with E-state index in [1.807, 2.05) is 24.3 Å². The number of nitrogens with two attached hydrogens (primary N) is 1. The number of aromatic nitrogens is 1. The Bertz CT molecular complexity index is 744. The number of anilines is 1. The number of carbonyl (C=O) groups excluding carboxylic acids is 1. The maximum Gasteiger partial charge on any atom is 0.357 e. The molecule has 0 aliphatic rings. The van der Waals surface area contributed by atoms with Gasteiger partial charge >= 0.3 is 5.97 Å². The molecule has 1 heterocycles. The van der Waals surface area contributed by atoms with Crippen molar-refractivity contribution < 1.29 is 14.3 Å². The SMILES string of the molecule is CCCCOc1ccccc1-n1cc(C#N)c(N)c1C(=O)OC. The number of carbonyl (C=O) groups is 1. The predicted molar refractivity (Wildman–Crippen MR) is 86.6 cm³/mol. The van der Waals surface area contributed by atoms with Crippen LogP contribution in [0.1, 0.15) is 35.8 Å². The summed E-state index contributed by atoms with van der Waals surface area (Å²) in [5, 5.41) is 9.17. The van der Waals surface area contributed by atoms with Gasteiger partial charge in [-0.2, -0.15) is 5.26 Å². The standard InChI is InChI=1S/C17H19N3O3/c1-3-4-9-23-14-8-6-5-7-13(14)20-11-12(10-18)15(19)16(20)17(21)22-2/h5-8,11H,3-4,9,19H2,1-2H3. The minimum atomic E-state index is -0.604. The summed E-state index contributed by atoms with van der Waals surface area (Å²) in [5.74, 6) is 0.0120. The molecule has 0 bridgehead atoms. The predicted octanol–water partition coefficient (Wildman–Crippen LogP) is 2.90. The highest BCUT2D eigenvalue weighted by molar-refractivity contribution is 5.96. The molecule has 0 saturated carbocycles. The second-order valence-electron chi connectivity index (χ2n) is 4.95. The van der Waals surface area contributed by atoms with Crippen molar-refractivity contribution in [3.63, 3.8) is 0 Å². The summed E-state index contributed by atoms with van der Waals surface area (Å²) >= 11 is 0. The van der Waals surface area contributed by atoms with Gasteiger partial charge in [-0.25, -0.2) is 4.79 Å². The Kier molecular flexibility index (Phi) is 5.26. The number of esters is 1. The number of nitrogen functional groups attached to an aromatic ring is 1. The second-order valence-corrected chi connectivity index (χ2v) is 4.95. The maximum absolute atomic E-state index is 12.1. The number of para-hydroxylation sites is 2. The molecule has 23 heavy (non-hydrogen) atoms. The summed E-state index contributed by atoms with van der Waals surface area (Å²) in [6.07, 6.45) is 3.46. The average molecular weight is 313 g/mol. The molecule has 0 aliphatic carbocycles. The van der Waals surface area contributed by atoms with Crippen LogP contribution in [-0.4, -0.2) is 24.3 Å². The Morgan fingerprint density at radius 1 is 1.39 bits per heavy atom. The van der Waals surface area contributed by atoms with Crippen molar-refractivity contribution in [2.24, 2.45) is 0 Å². The van der Waals surface area contributed by atoms with Crippen molar-refractivity contribution in [3.05, 3.63) is 41.7 Å². The number of nitriles is 1. The smallest absolute Gasteiger partial charge is 0.357 e. The van der Waals surface area contributed by atoms with Crippen LogP contribution in [0.3, 0.4) is 0 Å². The van der Waals surface area contributed by atoms with Gasteiger partial charge in [-0.3, -0.25) is 0 Å². The zero-order valence-electron chi connectivity index (χ0n) is 13.2. The van der Waals surface area contributed by atoms with Crippen LogP contribution in [0, 0.1) is 11.3 Å². The number of hydrogen-bond acceptors (Lipinski definition) is 5. The minimum absolute atomic E-state index is 0.0997. The lowest BCUT2D eigenvalue weighted by molar-refractivity contribution is 0.0593. The van der Waals surface area contributed by atoms with Crippen LogP contribution in [0.2, 0.25) is 0 Å². The normalized spacial score (nSPS) is 10.1. The Morgan fingerprint density at radius 2 is 2.13 bits per heavy atom. The zero-order chi connectivity index (χ0) is 16.8. The van der Waals surface area contributed by atoms with Gasteiger partial charge in [-0.15, -0.1) is 0 Å². The molecular weight excluding hydrogens is 294 g/mol. The van der Waals surface area contributed by atoms with Crippen LogP contribution in [0.5, 0.6) is 5.75 Å². The number of hydrogen-bond donors (Lipinski definition) is 1. The minimum Gasteiger partial charge on any atom is -0.491 e. The third kappa shape index (κ3) is 3.29. The summed E-state index contributed by atoms with van der Waals surface area (Å²) in [6, 6.07) is 9.27. The van der Waals surface area contributed by atoms with Crippen molar-refractivity contribution in [2.45, 2.75) is 19.8 Å². The van der Waals surface area contributed by atoms with Gasteiger partial charge < -0.3 is 19.8 Å². The van der Waals surface area contributed by atoms with Crippen molar-refractivity contribution in [3.8, 4) is 17.5 Å². The molecule has 6 nitrogen and oxygen atoms in total. The fourth-order valence-electron chi connectivity index (χ4n) is 2.21. The lowest BCUT2D eigenvalue weighted by atomic mass is 10.2. The molecule has 0 unspecified atom stereocenters. The molecule has 1 aromatic heterocycles. The summed E-state index contributed by atoms with van der Waals surface area (Å²) in [6.45, 7) is 2.65. The fourth-order valence-corrected chi connectivity index (χ4v) is 2.21. The number of nitrogens with zero attached hydrogens (tertiary/aromatic N) is 2. The van der Waals surface area contributed by atoms with Crippen molar-refractivity contribution in [1.82, 2.24) is 4.57 Å². The first-order valence-electron chi connectivity index (χ1n) is 7.35. The molecular formula is C17H19N3O3. The second kappa shape index (κ2) is 7.36. The van der Waals surface area contributed by atoms with Gasteiger partial charge in [0.15, 0.2) is 5.69 Å². The van der Waals surface area contributed by atoms with E-state index < -0.39 is 5.97 Å². The number of benzene rings is 1. The van der Waals surface area contributed by atoms with Gasteiger partial charge in [0.05, 0.1) is 30.7 Å². The molecule has 0 spiro atoms. The molecule has 0 saturated heterocycles. The van der Waals surface area contributed by atoms with Gasteiger partial charge in [-0.1, -0.05) is 25.5 Å². The van der Waals surface area contributed by atoms with Crippen molar-refractivity contribution in [2.75, 3.05) is 19.5 Å². The molecule has 2 aromatic rings. The lowest BCUT2D eigenvalue weighted by Gasteiger charge is -2.14. The van der Waals surface area contributed by atoms with E-state index in [0.717, 1.165) is 12.8 Å². The largest absolute Gasteiger partial charge is 0.491 e. The Balaban J connectivity index is 2.54. The number of methoxy groups -OCH3 is 1. The first-order chi connectivity index (χ1) is 11.1. The van der Waals surface area contributed by atoms with Gasteiger partial charge in [0.25, 0.3) is 0 Å². The molecule has 0 fully saturated rings. The monoisotopic (exact) mass is 313 g/mol. The summed E-state index contributed by atoms with van der Waals surface area (Å²) in [4.78, 5) is 12.1. The molecule has 0 aliphatic heterocycles. The molecule has 2 rings (SSSR count). The fraction of sp³-hybridized carbons (Fsp3) is 0.294. The van der Waals surface area contributed by atoms with Crippen molar-refractivity contribution in [1.29, 1.82) is 5.26 Å². The molecule has 120 valence electrons. The molecule has 2 N–H and O–H groups in total. The molecule has 6 heteroatoms. The highest BCUT2D eigenvalue weighted by atomic mass is 16.5. The highest BCUT2D eigenvalue weighted by Crippen LogP contribution is 2.30. The quantitative estimate of drug-likeness (QED) is 0.654. The van der Waals surface area contributed by atoms with E-state index in [9.17, 15) is 10.1 Å². The van der Waals surface area contributed by atoms with Crippen LogP contribution >= 0.6 is 0 Å². The summed E-state index contributed by atoms with van der Waals surface area (Å²) in [7, 11) is 1.27. The molecule has 1 aromatic carbocycles. The number of unbranched alkanes of at least 4 members (excludes halogenated alkanes) is 1. The zero-order valence-corrected chi connectivity index (χ0v) is 13.2. The van der Waals surface area contributed by atoms with Crippen LogP contribution in [-0.2, 0) is 4.74 Å². The molecule has 0 amide bonds. The van der Waals surface area contributed by atoms with Crippen LogP contribution in [0.4, 0.5) is 5.69 Å². The third-order valence-corrected chi connectivity index (χ3v) is 3.42. The van der Waals surface area contributed by atoms with E-state index in [1.165, 1.54) is 13.3 Å². The average Bonchev–Trinajstić information content (AvgIpc) is 2.91. The van der Waals surface area contributed by atoms with Gasteiger partial charge in [-0.05, 0) is 18.6 Å². The van der Waals surface area contributed by atoms with E-state index in [1.54, 1.807) is 10.6 Å². The Labute approximate surface area is 135 Å². The highest BCUT2D eigenvalue weighted by Gasteiger charge is 2.23.